The lowest BCUT2D eigenvalue weighted by Crippen LogP contribution is -2.24. The van der Waals surface area contributed by atoms with E-state index in [9.17, 15) is 14.9 Å². The fraction of sp³-hybridized carbons (Fsp3) is 0.462. The minimum atomic E-state index is -0.502. The van der Waals surface area contributed by atoms with Crippen molar-refractivity contribution in [3.05, 3.63) is 39.9 Å². The van der Waals surface area contributed by atoms with Gasteiger partial charge in [-0.15, -0.1) is 0 Å². The fourth-order valence-corrected chi connectivity index (χ4v) is 1.58. The Bertz CT molecular complexity index is 431. The maximum atomic E-state index is 11.7. The zero-order chi connectivity index (χ0) is 14.3. The molecule has 6 heteroatoms. The zero-order valence-corrected chi connectivity index (χ0v) is 10.8. The normalized spacial score (nSPS) is 11.9. The highest BCUT2D eigenvalue weighted by molar-refractivity contribution is 5.94. The van der Waals surface area contributed by atoms with Gasteiger partial charge in [-0.2, -0.15) is 0 Å². The van der Waals surface area contributed by atoms with Crippen LogP contribution in [-0.4, -0.2) is 29.1 Å². The van der Waals surface area contributed by atoms with Crippen molar-refractivity contribution in [3.63, 3.8) is 0 Å². The molecule has 1 rings (SSSR count). The molecule has 2 N–H and O–H groups in total. The number of non-ortho nitro benzene ring substituents is 1. The van der Waals surface area contributed by atoms with Gasteiger partial charge >= 0.3 is 0 Å². The number of amides is 1. The molecule has 0 aliphatic rings. The summed E-state index contributed by atoms with van der Waals surface area (Å²) in [6.45, 7) is 2.62. The molecule has 19 heavy (non-hydrogen) atoms. The molecular weight excluding hydrogens is 248 g/mol. The van der Waals surface area contributed by atoms with Crippen molar-refractivity contribution in [1.29, 1.82) is 0 Å². The van der Waals surface area contributed by atoms with Crippen LogP contribution in [0.15, 0.2) is 24.3 Å². The Hall–Kier alpha value is -1.95. The number of hydrogen-bond acceptors (Lipinski definition) is 4. The van der Waals surface area contributed by atoms with Gasteiger partial charge < -0.3 is 10.4 Å². The van der Waals surface area contributed by atoms with Gasteiger partial charge in [-0.05, 0) is 30.9 Å². The Morgan fingerprint density at radius 2 is 2.05 bits per heavy atom. The summed E-state index contributed by atoms with van der Waals surface area (Å²) in [6, 6.07) is 5.49. The number of nitro benzene ring substituents is 1. The second-order valence-corrected chi connectivity index (χ2v) is 4.49. The van der Waals surface area contributed by atoms with Crippen LogP contribution < -0.4 is 5.32 Å². The third kappa shape index (κ3) is 5.05. The number of carbonyl (C=O) groups is 1. The van der Waals surface area contributed by atoms with E-state index in [-0.39, 0.29) is 24.1 Å². The van der Waals surface area contributed by atoms with Gasteiger partial charge in [0, 0.05) is 30.8 Å². The number of hydrogen-bond donors (Lipinski definition) is 2. The molecule has 0 saturated heterocycles. The molecule has 1 unspecified atom stereocenters. The van der Waals surface area contributed by atoms with E-state index in [0.717, 1.165) is 12.8 Å². The number of nitrogens with zero attached hydrogens (tertiary/aromatic N) is 1. The molecule has 1 atom stereocenters. The average Bonchev–Trinajstić information content (AvgIpc) is 2.43. The number of rotatable bonds is 7. The van der Waals surface area contributed by atoms with Crippen molar-refractivity contribution in [1.82, 2.24) is 5.32 Å². The van der Waals surface area contributed by atoms with Crippen LogP contribution in [0.25, 0.3) is 0 Å². The molecule has 1 aromatic rings. The number of nitro groups is 1. The first-order valence-electron chi connectivity index (χ1n) is 6.18. The maximum Gasteiger partial charge on any atom is 0.269 e. The number of carbonyl (C=O) groups excluding carboxylic acids is 1. The van der Waals surface area contributed by atoms with E-state index in [1.165, 1.54) is 24.3 Å². The largest absolute Gasteiger partial charge is 0.396 e. The SMILES string of the molecule is CC(CO)CCCNC(=O)c1ccc([N+](=O)[O-])cc1. The minimum Gasteiger partial charge on any atom is -0.396 e. The van der Waals surface area contributed by atoms with Crippen LogP contribution in [0.4, 0.5) is 5.69 Å². The molecule has 0 heterocycles. The van der Waals surface area contributed by atoms with Crippen molar-refractivity contribution in [2.24, 2.45) is 5.92 Å². The van der Waals surface area contributed by atoms with Gasteiger partial charge in [-0.1, -0.05) is 6.92 Å². The number of aliphatic hydroxyl groups is 1. The number of nitrogens with one attached hydrogen (secondary N) is 1. The molecule has 0 aromatic heterocycles. The summed E-state index contributed by atoms with van der Waals surface area (Å²) < 4.78 is 0. The molecule has 104 valence electrons. The molecule has 1 aromatic carbocycles. The van der Waals surface area contributed by atoms with Gasteiger partial charge in [-0.3, -0.25) is 14.9 Å². The summed E-state index contributed by atoms with van der Waals surface area (Å²) in [4.78, 5) is 21.7. The molecule has 1 amide bonds. The van der Waals surface area contributed by atoms with Gasteiger partial charge in [0.05, 0.1) is 4.92 Å². The Morgan fingerprint density at radius 1 is 1.42 bits per heavy atom. The molecular formula is C13H18N2O4. The van der Waals surface area contributed by atoms with Crippen molar-refractivity contribution >= 4 is 11.6 Å². The maximum absolute atomic E-state index is 11.7. The minimum absolute atomic E-state index is 0.0340. The highest BCUT2D eigenvalue weighted by Crippen LogP contribution is 2.11. The lowest BCUT2D eigenvalue weighted by molar-refractivity contribution is -0.384. The van der Waals surface area contributed by atoms with Gasteiger partial charge in [0.2, 0.25) is 0 Å². The Kier molecular flexibility index (Phi) is 5.95. The summed E-state index contributed by atoms with van der Waals surface area (Å²) in [6.07, 6.45) is 1.64. The van der Waals surface area contributed by atoms with E-state index >= 15 is 0 Å². The summed E-state index contributed by atoms with van der Waals surface area (Å²) in [5.41, 5.74) is 0.370. The van der Waals surface area contributed by atoms with Gasteiger partial charge in [0.25, 0.3) is 11.6 Å². The van der Waals surface area contributed by atoms with Gasteiger partial charge in [0.1, 0.15) is 0 Å². The lowest BCUT2D eigenvalue weighted by atomic mass is 10.1. The first-order chi connectivity index (χ1) is 9.04. The average molecular weight is 266 g/mol. The first kappa shape index (κ1) is 15.1. The zero-order valence-electron chi connectivity index (χ0n) is 10.8. The highest BCUT2D eigenvalue weighted by atomic mass is 16.6. The molecule has 0 aliphatic carbocycles. The van der Waals surface area contributed by atoms with Crippen LogP contribution >= 0.6 is 0 Å². The Morgan fingerprint density at radius 3 is 2.58 bits per heavy atom. The standard InChI is InChI=1S/C13H18N2O4/c1-10(9-16)3-2-8-14-13(17)11-4-6-12(7-5-11)15(18)19/h4-7,10,16H,2-3,8-9H2,1H3,(H,14,17). The lowest BCUT2D eigenvalue weighted by Gasteiger charge is -2.08. The highest BCUT2D eigenvalue weighted by Gasteiger charge is 2.09. The predicted octanol–water partition coefficient (Wildman–Crippen LogP) is 1.73. The molecule has 0 fully saturated rings. The summed E-state index contributed by atoms with van der Waals surface area (Å²) >= 11 is 0. The van der Waals surface area contributed by atoms with E-state index in [1.54, 1.807) is 0 Å². The number of benzene rings is 1. The van der Waals surface area contributed by atoms with E-state index in [4.69, 9.17) is 5.11 Å². The molecule has 6 nitrogen and oxygen atoms in total. The van der Waals surface area contributed by atoms with Crippen LogP contribution in [0.5, 0.6) is 0 Å². The third-order valence-corrected chi connectivity index (χ3v) is 2.81. The molecule has 0 saturated carbocycles. The van der Waals surface area contributed by atoms with Crippen molar-refractivity contribution in [2.75, 3.05) is 13.2 Å². The van der Waals surface area contributed by atoms with Crippen LogP contribution in [-0.2, 0) is 0 Å². The second-order valence-electron chi connectivity index (χ2n) is 4.49. The molecule has 0 aliphatic heterocycles. The van der Waals surface area contributed by atoms with Crippen LogP contribution in [0, 0.1) is 16.0 Å². The fourth-order valence-electron chi connectivity index (χ4n) is 1.58. The predicted molar refractivity (Wildman–Crippen MR) is 70.9 cm³/mol. The van der Waals surface area contributed by atoms with E-state index in [0.29, 0.717) is 12.1 Å². The summed E-state index contributed by atoms with van der Waals surface area (Å²) in [5, 5.41) is 22.1. The third-order valence-electron chi connectivity index (χ3n) is 2.81. The van der Waals surface area contributed by atoms with Crippen LogP contribution in [0.2, 0.25) is 0 Å². The van der Waals surface area contributed by atoms with Gasteiger partial charge in [0.15, 0.2) is 0 Å². The smallest absolute Gasteiger partial charge is 0.269 e. The quantitative estimate of drug-likeness (QED) is 0.446. The summed E-state index contributed by atoms with van der Waals surface area (Å²) in [5.74, 6) is -0.0113. The topological polar surface area (TPSA) is 92.5 Å². The van der Waals surface area contributed by atoms with E-state index in [1.807, 2.05) is 6.92 Å². The van der Waals surface area contributed by atoms with Gasteiger partial charge in [-0.25, -0.2) is 0 Å². The first-order valence-corrected chi connectivity index (χ1v) is 6.18. The molecule has 0 spiro atoms. The van der Waals surface area contributed by atoms with Crippen molar-refractivity contribution in [3.8, 4) is 0 Å². The van der Waals surface area contributed by atoms with Crippen molar-refractivity contribution < 1.29 is 14.8 Å². The molecule has 0 radical (unpaired) electrons. The van der Waals surface area contributed by atoms with Crippen LogP contribution in [0.3, 0.4) is 0 Å². The Labute approximate surface area is 111 Å². The number of aliphatic hydroxyl groups excluding tert-OH is 1. The Balaban J connectivity index is 2.39. The van der Waals surface area contributed by atoms with Crippen molar-refractivity contribution in [2.45, 2.75) is 19.8 Å². The monoisotopic (exact) mass is 266 g/mol. The summed E-state index contributed by atoms with van der Waals surface area (Å²) in [7, 11) is 0. The van der Waals surface area contributed by atoms with E-state index < -0.39 is 4.92 Å². The second kappa shape index (κ2) is 7.48. The molecule has 0 bridgehead atoms. The van der Waals surface area contributed by atoms with E-state index in [2.05, 4.69) is 5.32 Å². The van der Waals surface area contributed by atoms with Crippen LogP contribution in [0.1, 0.15) is 30.1 Å².